The van der Waals surface area contributed by atoms with Crippen molar-refractivity contribution in [1.82, 2.24) is 10.6 Å². The highest BCUT2D eigenvalue weighted by molar-refractivity contribution is 14.0. The maximum Gasteiger partial charge on any atom is 0.190 e. The SMILES string of the molecule is CCOCCCNC(=NC)NCCc1ccc2ccccc2c1.I. The lowest BCUT2D eigenvalue weighted by Gasteiger charge is -2.12. The summed E-state index contributed by atoms with van der Waals surface area (Å²) in [6.45, 7) is 5.32. The molecule has 2 rings (SSSR count). The fourth-order valence-corrected chi connectivity index (χ4v) is 2.47. The van der Waals surface area contributed by atoms with Crippen LogP contribution in [0.25, 0.3) is 10.8 Å². The third-order valence-corrected chi connectivity index (χ3v) is 3.71. The van der Waals surface area contributed by atoms with Crippen LogP contribution in [0.1, 0.15) is 18.9 Å². The second-order valence-corrected chi connectivity index (χ2v) is 5.41. The summed E-state index contributed by atoms with van der Waals surface area (Å²) >= 11 is 0. The smallest absolute Gasteiger partial charge is 0.190 e. The van der Waals surface area contributed by atoms with E-state index in [2.05, 4.69) is 58.1 Å². The van der Waals surface area contributed by atoms with E-state index in [4.69, 9.17) is 4.74 Å². The zero-order valence-electron chi connectivity index (χ0n) is 14.5. The van der Waals surface area contributed by atoms with Gasteiger partial charge in [-0.05, 0) is 36.1 Å². The number of aliphatic imine (C=N–C) groups is 1. The van der Waals surface area contributed by atoms with Gasteiger partial charge in [0.1, 0.15) is 0 Å². The summed E-state index contributed by atoms with van der Waals surface area (Å²) in [6.07, 6.45) is 1.96. The molecule has 0 aliphatic rings. The molecule has 132 valence electrons. The lowest BCUT2D eigenvalue weighted by atomic mass is 10.1. The molecule has 0 aromatic heterocycles. The van der Waals surface area contributed by atoms with Gasteiger partial charge in [0, 0.05) is 33.4 Å². The van der Waals surface area contributed by atoms with Gasteiger partial charge in [0.15, 0.2) is 5.96 Å². The van der Waals surface area contributed by atoms with E-state index < -0.39 is 0 Å². The fourth-order valence-electron chi connectivity index (χ4n) is 2.47. The topological polar surface area (TPSA) is 45.6 Å². The van der Waals surface area contributed by atoms with Gasteiger partial charge in [0.2, 0.25) is 0 Å². The first-order chi connectivity index (χ1) is 11.3. The molecule has 0 spiro atoms. The Morgan fingerprint density at radius 3 is 2.54 bits per heavy atom. The van der Waals surface area contributed by atoms with E-state index in [0.717, 1.165) is 45.1 Å². The highest BCUT2D eigenvalue weighted by Crippen LogP contribution is 2.15. The van der Waals surface area contributed by atoms with Crippen LogP contribution in [0.2, 0.25) is 0 Å². The van der Waals surface area contributed by atoms with Crippen molar-refractivity contribution in [3.8, 4) is 0 Å². The molecule has 0 fully saturated rings. The minimum atomic E-state index is 0. The normalized spacial score (nSPS) is 11.2. The van der Waals surface area contributed by atoms with Crippen LogP contribution in [0.15, 0.2) is 47.5 Å². The van der Waals surface area contributed by atoms with Crippen LogP contribution in [-0.4, -0.2) is 39.3 Å². The van der Waals surface area contributed by atoms with Gasteiger partial charge < -0.3 is 15.4 Å². The van der Waals surface area contributed by atoms with Crippen molar-refractivity contribution in [2.75, 3.05) is 33.4 Å². The van der Waals surface area contributed by atoms with Crippen molar-refractivity contribution in [3.63, 3.8) is 0 Å². The predicted molar refractivity (Wildman–Crippen MR) is 114 cm³/mol. The minimum absolute atomic E-state index is 0. The van der Waals surface area contributed by atoms with Gasteiger partial charge in [-0.1, -0.05) is 42.5 Å². The molecular formula is C19H28IN3O. The summed E-state index contributed by atoms with van der Waals surface area (Å²) in [5.41, 5.74) is 1.34. The molecule has 0 bridgehead atoms. The van der Waals surface area contributed by atoms with E-state index >= 15 is 0 Å². The minimum Gasteiger partial charge on any atom is -0.382 e. The second-order valence-electron chi connectivity index (χ2n) is 5.41. The molecule has 0 saturated heterocycles. The Labute approximate surface area is 162 Å². The molecule has 2 aromatic carbocycles. The summed E-state index contributed by atoms with van der Waals surface area (Å²) in [5.74, 6) is 0.849. The van der Waals surface area contributed by atoms with Gasteiger partial charge in [-0.15, -0.1) is 24.0 Å². The Hall–Kier alpha value is -1.34. The molecule has 0 unspecified atom stereocenters. The van der Waals surface area contributed by atoms with E-state index in [-0.39, 0.29) is 24.0 Å². The maximum absolute atomic E-state index is 5.32. The van der Waals surface area contributed by atoms with Crippen molar-refractivity contribution in [1.29, 1.82) is 0 Å². The van der Waals surface area contributed by atoms with Gasteiger partial charge in [0.05, 0.1) is 0 Å². The third kappa shape index (κ3) is 7.05. The molecule has 0 saturated carbocycles. The Kier molecular flexibility index (Phi) is 10.4. The molecule has 0 radical (unpaired) electrons. The Morgan fingerprint density at radius 1 is 1.04 bits per heavy atom. The highest BCUT2D eigenvalue weighted by atomic mass is 127. The number of fused-ring (bicyclic) bond motifs is 1. The number of hydrogen-bond acceptors (Lipinski definition) is 2. The average molecular weight is 441 g/mol. The van der Waals surface area contributed by atoms with E-state index in [0.29, 0.717) is 0 Å². The standard InChI is InChI=1S/C19H27N3O.HI/c1-3-23-14-6-12-21-19(20-2)22-13-11-16-9-10-17-7-4-5-8-18(17)15-16;/h4-5,7-10,15H,3,6,11-14H2,1-2H3,(H2,20,21,22);1H. The van der Waals surface area contributed by atoms with Crippen molar-refractivity contribution >= 4 is 40.7 Å². The number of benzene rings is 2. The Balaban J connectivity index is 0.00000288. The number of nitrogens with one attached hydrogen (secondary N) is 2. The van der Waals surface area contributed by atoms with Crippen LogP contribution in [0.5, 0.6) is 0 Å². The lowest BCUT2D eigenvalue weighted by molar-refractivity contribution is 0.145. The third-order valence-electron chi connectivity index (χ3n) is 3.71. The van der Waals surface area contributed by atoms with E-state index in [9.17, 15) is 0 Å². The first-order valence-corrected chi connectivity index (χ1v) is 8.33. The van der Waals surface area contributed by atoms with E-state index in [1.807, 2.05) is 6.92 Å². The molecule has 24 heavy (non-hydrogen) atoms. The molecule has 5 heteroatoms. The lowest BCUT2D eigenvalue weighted by Crippen LogP contribution is -2.39. The van der Waals surface area contributed by atoms with Crippen molar-refractivity contribution in [3.05, 3.63) is 48.0 Å². The van der Waals surface area contributed by atoms with Gasteiger partial charge in [-0.2, -0.15) is 0 Å². The quantitative estimate of drug-likeness (QED) is 0.285. The molecule has 0 aliphatic heterocycles. The number of hydrogen-bond donors (Lipinski definition) is 2. The summed E-state index contributed by atoms with van der Waals surface area (Å²) in [7, 11) is 1.80. The van der Waals surface area contributed by atoms with Crippen LogP contribution >= 0.6 is 24.0 Å². The van der Waals surface area contributed by atoms with Crippen molar-refractivity contribution in [2.45, 2.75) is 19.8 Å². The van der Waals surface area contributed by atoms with Crippen molar-refractivity contribution in [2.24, 2.45) is 4.99 Å². The maximum atomic E-state index is 5.32. The summed E-state index contributed by atoms with van der Waals surface area (Å²) in [6, 6.07) is 15.1. The van der Waals surface area contributed by atoms with Crippen LogP contribution in [-0.2, 0) is 11.2 Å². The summed E-state index contributed by atoms with van der Waals surface area (Å²) in [4.78, 5) is 4.24. The van der Waals surface area contributed by atoms with Crippen molar-refractivity contribution < 1.29 is 4.74 Å². The molecule has 0 amide bonds. The van der Waals surface area contributed by atoms with Gasteiger partial charge in [-0.3, -0.25) is 4.99 Å². The van der Waals surface area contributed by atoms with Gasteiger partial charge in [0.25, 0.3) is 0 Å². The number of guanidine groups is 1. The van der Waals surface area contributed by atoms with Crippen LogP contribution in [0.3, 0.4) is 0 Å². The molecule has 0 atom stereocenters. The van der Waals surface area contributed by atoms with Crippen LogP contribution in [0, 0.1) is 0 Å². The van der Waals surface area contributed by atoms with Gasteiger partial charge in [-0.25, -0.2) is 0 Å². The first kappa shape index (κ1) is 20.7. The van der Waals surface area contributed by atoms with Crippen LogP contribution < -0.4 is 10.6 Å². The Morgan fingerprint density at radius 2 is 1.79 bits per heavy atom. The molecule has 4 nitrogen and oxygen atoms in total. The summed E-state index contributed by atoms with van der Waals surface area (Å²) < 4.78 is 5.32. The first-order valence-electron chi connectivity index (χ1n) is 8.33. The largest absolute Gasteiger partial charge is 0.382 e. The zero-order chi connectivity index (χ0) is 16.3. The average Bonchev–Trinajstić information content (AvgIpc) is 2.60. The van der Waals surface area contributed by atoms with E-state index in [1.54, 1.807) is 7.05 Å². The highest BCUT2D eigenvalue weighted by Gasteiger charge is 1.99. The second kappa shape index (κ2) is 12.1. The number of ether oxygens (including phenoxy) is 1. The monoisotopic (exact) mass is 441 g/mol. The van der Waals surface area contributed by atoms with Crippen LogP contribution in [0.4, 0.5) is 0 Å². The molecular weight excluding hydrogens is 413 g/mol. The molecule has 0 aliphatic carbocycles. The molecule has 2 aromatic rings. The summed E-state index contributed by atoms with van der Waals surface area (Å²) in [5, 5.41) is 9.24. The number of halogens is 1. The molecule has 2 N–H and O–H groups in total. The Bertz CT molecular complexity index is 631. The zero-order valence-corrected chi connectivity index (χ0v) is 16.9. The number of nitrogens with zero attached hydrogens (tertiary/aromatic N) is 1. The number of rotatable bonds is 8. The predicted octanol–water partition coefficient (Wildman–Crippen LogP) is 3.59. The van der Waals surface area contributed by atoms with E-state index in [1.165, 1.54) is 16.3 Å². The fraction of sp³-hybridized carbons (Fsp3) is 0.421. The van der Waals surface area contributed by atoms with Gasteiger partial charge >= 0.3 is 0 Å². The molecule has 0 heterocycles.